The zero-order chi connectivity index (χ0) is 15.4. The lowest BCUT2D eigenvalue weighted by molar-refractivity contribution is -0.123. The molecule has 126 valence electrons. The van der Waals surface area contributed by atoms with Crippen LogP contribution in [0, 0.1) is 17.8 Å². The Balaban J connectivity index is 1.27. The Labute approximate surface area is 135 Å². The molecule has 3 aliphatic carbocycles. The highest BCUT2D eigenvalue weighted by Gasteiger charge is 2.42. The summed E-state index contributed by atoms with van der Waals surface area (Å²) in [7, 11) is 0. The summed E-state index contributed by atoms with van der Waals surface area (Å²) in [6.07, 6.45) is 15.8. The normalized spacial score (nSPS) is 36.0. The van der Waals surface area contributed by atoms with Crippen molar-refractivity contribution < 1.29 is 9.90 Å². The van der Waals surface area contributed by atoms with Crippen LogP contribution in [0.2, 0.25) is 0 Å². The van der Waals surface area contributed by atoms with Crippen molar-refractivity contribution in [1.29, 1.82) is 0 Å². The van der Waals surface area contributed by atoms with E-state index >= 15 is 0 Å². The van der Waals surface area contributed by atoms with Gasteiger partial charge in [-0.25, -0.2) is 0 Å². The van der Waals surface area contributed by atoms with Gasteiger partial charge in [0.2, 0.25) is 5.91 Å². The van der Waals surface area contributed by atoms with Crippen molar-refractivity contribution >= 4 is 5.91 Å². The Bertz CT molecular complexity index is 356. The van der Waals surface area contributed by atoms with Crippen molar-refractivity contribution in [3.63, 3.8) is 0 Å². The van der Waals surface area contributed by atoms with Gasteiger partial charge >= 0.3 is 0 Å². The van der Waals surface area contributed by atoms with E-state index in [2.05, 4.69) is 5.32 Å². The van der Waals surface area contributed by atoms with Gasteiger partial charge in [0.1, 0.15) is 0 Å². The summed E-state index contributed by atoms with van der Waals surface area (Å²) < 4.78 is 0. The molecule has 2 N–H and O–H groups in total. The molecule has 0 saturated heterocycles. The second-order valence-corrected chi connectivity index (χ2v) is 8.05. The molecule has 0 aliphatic heterocycles. The fourth-order valence-corrected chi connectivity index (χ4v) is 4.56. The SMILES string of the molecule is O=C(NC1CCC(O)CC1)C1CC1CCCC1CCCCC1. The highest BCUT2D eigenvalue weighted by molar-refractivity contribution is 5.81. The molecule has 2 unspecified atom stereocenters. The first-order valence-corrected chi connectivity index (χ1v) is 9.71. The third-order valence-corrected chi connectivity index (χ3v) is 6.21. The van der Waals surface area contributed by atoms with Gasteiger partial charge in [-0.15, -0.1) is 0 Å². The van der Waals surface area contributed by atoms with Gasteiger partial charge in [-0.2, -0.15) is 0 Å². The van der Waals surface area contributed by atoms with Gasteiger partial charge in [0.25, 0.3) is 0 Å². The summed E-state index contributed by atoms with van der Waals surface area (Å²) in [6, 6.07) is 0.319. The van der Waals surface area contributed by atoms with E-state index in [9.17, 15) is 9.90 Å². The van der Waals surface area contributed by atoms with Crippen LogP contribution < -0.4 is 5.32 Å². The lowest BCUT2D eigenvalue weighted by atomic mass is 9.85. The van der Waals surface area contributed by atoms with Crippen LogP contribution in [0.1, 0.15) is 83.5 Å². The van der Waals surface area contributed by atoms with Crippen molar-refractivity contribution in [1.82, 2.24) is 5.32 Å². The molecule has 3 nitrogen and oxygen atoms in total. The van der Waals surface area contributed by atoms with E-state index in [1.807, 2.05) is 0 Å². The summed E-state index contributed by atoms with van der Waals surface area (Å²) >= 11 is 0. The van der Waals surface area contributed by atoms with E-state index in [-0.39, 0.29) is 6.10 Å². The summed E-state index contributed by atoms with van der Waals surface area (Å²) in [5.74, 6) is 2.24. The maximum atomic E-state index is 12.3. The molecule has 3 rings (SSSR count). The lowest BCUT2D eigenvalue weighted by Gasteiger charge is -2.26. The lowest BCUT2D eigenvalue weighted by Crippen LogP contribution is -2.39. The number of aliphatic hydroxyl groups is 1. The van der Waals surface area contributed by atoms with E-state index in [0.29, 0.717) is 23.8 Å². The third-order valence-electron chi connectivity index (χ3n) is 6.21. The highest BCUT2D eigenvalue weighted by atomic mass is 16.3. The van der Waals surface area contributed by atoms with E-state index in [0.717, 1.165) is 38.0 Å². The second kappa shape index (κ2) is 7.81. The van der Waals surface area contributed by atoms with Crippen LogP contribution in [-0.2, 0) is 4.79 Å². The number of carbonyl (C=O) groups is 1. The monoisotopic (exact) mass is 307 g/mol. The fourth-order valence-electron chi connectivity index (χ4n) is 4.56. The van der Waals surface area contributed by atoms with Crippen LogP contribution >= 0.6 is 0 Å². The molecular formula is C19H33NO2. The van der Waals surface area contributed by atoms with Gasteiger partial charge in [-0.1, -0.05) is 44.9 Å². The van der Waals surface area contributed by atoms with Crippen LogP contribution in [0.25, 0.3) is 0 Å². The zero-order valence-electron chi connectivity index (χ0n) is 13.9. The number of amides is 1. The number of rotatable bonds is 6. The molecule has 0 heterocycles. The van der Waals surface area contributed by atoms with E-state index < -0.39 is 0 Å². The van der Waals surface area contributed by atoms with Gasteiger partial charge in [0.05, 0.1) is 6.10 Å². The number of hydrogen-bond acceptors (Lipinski definition) is 2. The Hall–Kier alpha value is -0.570. The average Bonchev–Trinajstić information content (AvgIpc) is 3.30. The Morgan fingerprint density at radius 2 is 1.68 bits per heavy atom. The highest BCUT2D eigenvalue weighted by Crippen LogP contribution is 2.43. The number of carbonyl (C=O) groups excluding carboxylic acids is 1. The van der Waals surface area contributed by atoms with Crippen LogP contribution in [0.4, 0.5) is 0 Å². The predicted octanol–water partition coefficient (Wildman–Crippen LogP) is 3.79. The summed E-state index contributed by atoms with van der Waals surface area (Å²) in [6.45, 7) is 0. The minimum atomic E-state index is -0.137. The van der Waals surface area contributed by atoms with Crippen LogP contribution in [0.15, 0.2) is 0 Å². The standard InChI is InChI=1S/C19H33NO2/c21-17-11-9-16(10-12-17)20-19(22)18-13-15(18)8-4-7-14-5-2-1-3-6-14/h14-18,21H,1-13H2,(H,20,22). The third kappa shape index (κ3) is 4.71. The summed E-state index contributed by atoms with van der Waals surface area (Å²) in [4.78, 5) is 12.3. The molecule has 0 aromatic carbocycles. The summed E-state index contributed by atoms with van der Waals surface area (Å²) in [5.41, 5.74) is 0. The van der Waals surface area contributed by atoms with Gasteiger partial charge in [-0.3, -0.25) is 4.79 Å². The van der Waals surface area contributed by atoms with Gasteiger partial charge < -0.3 is 10.4 Å². The van der Waals surface area contributed by atoms with Gasteiger partial charge in [0.15, 0.2) is 0 Å². The van der Waals surface area contributed by atoms with Crippen molar-refractivity contribution in [3.8, 4) is 0 Å². The van der Waals surface area contributed by atoms with E-state index in [1.165, 1.54) is 51.4 Å². The largest absolute Gasteiger partial charge is 0.393 e. The molecule has 0 spiro atoms. The first-order chi connectivity index (χ1) is 10.7. The first-order valence-electron chi connectivity index (χ1n) is 9.71. The topological polar surface area (TPSA) is 49.3 Å². The number of hydrogen-bond donors (Lipinski definition) is 2. The molecule has 2 atom stereocenters. The Kier molecular flexibility index (Phi) is 5.78. The minimum Gasteiger partial charge on any atom is -0.393 e. The Morgan fingerprint density at radius 1 is 0.955 bits per heavy atom. The van der Waals surface area contributed by atoms with Crippen LogP contribution in [-0.4, -0.2) is 23.2 Å². The molecule has 3 aliphatic rings. The molecule has 0 aromatic heterocycles. The molecule has 22 heavy (non-hydrogen) atoms. The summed E-state index contributed by atoms with van der Waals surface area (Å²) in [5, 5.41) is 12.7. The van der Waals surface area contributed by atoms with Crippen molar-refractivity contribution in [3.05, 3.63) is 0 Å². The maximum Gasteiger partial charge on any atom is 0.223 e. The molecule has 0 bridgehead atoms. The van der Waals surface area contributed by atoms with Crippen LogP contribution in [0.5, 0.6) is 0 Å². The molecular weight excluding hydrogens is 274 g/mol. The second-order valence-electron chi connectivity index (χ2n) is 8.05. The smallest absolute Gasteiger partial charge is 0.223 e. The van der Waals surface area contributed by atoms with Gasteiger partial charge in [-0.05, 0) is 50.4 Å². The van der Waals surface area contributed by atoms with Crippen LogP contribution in [0.3, 0.4) is 0 Å². The number of nitrogens with one attached hydrogen (secondary N) is 1. The van der Waals surface area contributed by atoms with Crippen molar-refractivity contribution in [2.24, 2.45) is 17.8 Å². The zero-order valence-corrected chi connectivity index (χ0v) is 13.9. The maximum absolute atomic E-state index is 12.3. The quantitative estimate of drug-likeness (QED) is 0.784. The Morgan fingerprint density at radius 3 is 2.41 bits per heavy atom. The fraction of sp³-hybridized carbons (Fsp3) is 0.947. The van der Waals surface area contributed by atoms with Crippen molar-refractivity contribution in [2.45, 2.75) is 95.6 Å². The van der Waals surface area contributed by atoms with Crippen molar-refractivity contribution in [2.75, 3.05) is 0 Å². The molecule has 3 saturated carbocycles. The molecule has 1 amide bonds. The number of aliphatic hydroxyl groups excluding tert-OH is 1. The van der Waals surface area contributed by atoms with E-state index in [1.54, 1.807) is 0 Å². The first kappa shape index (κ1) is 16.3. The minimum absolute atomic E-state index is 0.137. The average molecular weight is 307 g/mol. The molecule has 0 aromatic rings. The predicted molar refractivity (Wildman–Crippen MR) is 88.4 cm³/mol. The van der Waals surface area contributed by atoms with E-state index in [4.69, 9.17) is 0 Å². The molecule has 3 fully saturated rings. The molecule has 3 heteroatoms. The molecule has 0 radical (unpaired) electrons. The van der Waals surface area contributed by atoms with Gasteiger partial charge in [0, 0.05) is 12.0 Å².